The molecule has 86 valence electrons. The number of nitrogens with one attached hydrogen (secondary N) is 1. The number of aryl methyl sites for hydroxylation is 2. The van der Waals surface area contributed by atoms with Crippen LogP contribution < -0.4 is 5.32 Å². The molecule has 0 aromatic carbocycles. The second-order valence-electron chi connectivity index (χ2n) is 3.82. The minimum absolute atomic E-state index is 0.853. The molecule has 1 N–H and O–H groups in total. The van der Waals surface area contributed by atoms with Crippen LogP contribution in [0.3, 0.4) is 0 Å². The molecule has 0 spiro atoms. The summed E-state index contributed by atoms with van der Waals surface area (Å²) >= 11 is 0. The maximum absolute atomic E-state index is 5.45. The van der Waals surface area contributed by atoms with E-state index in [1.807, 2.05) is 13.8 Å². The molecule has 3 heteroatoms. The van der Waals surface area contributed by atoms with Crippen LogP contribution in [0.5, 0.6) is 0 Å². The summed E-state index contributed by atoms with van der Waals surface area (Å²) in [7, 11) is 1.74. The van der Waals surface area contributed by atoms with Gasteiger partial charge in [0.05, 0.1) is 0 Å². The van der Waals surface area contributed by atoms with E-state index in [0.29, 0.717) is 0 Å². The molecule has 1 rings (SSSR count). The Morgan fingerprint density at radius 3 is 2.73 bits per heavy atom. The van der Waals surface area contributed by atoms with E-state index in [0.717, 1.165) is 44.1 Å². The Morgan fingerprint density at radius 2 is 2.13 bits per heavy atom. The maximum atomic E-state index is 5.45. The van der Waals surface area contributed by atoms with E-state index in [1.165, 1.54) is 5.56 Å². The number of rotatable bonds is 7. The van der Waals surface area contributed by atoms with Crippen LogP contribution in [0.25, 0.3) is 0 Å². The van der Waals surface area contributed by atoms with Crippen molar-refractivity contribution in [2.75, 3.05) is 20.3 Å². The van der Waals surface area contributed by atoms with Crippen molar-refractivity contribution in [3.63, 3.8) is 0 Å². The van der Waals surface area contributed by atoms with E-state index >= 15 is 0 Å². The Labute approximate surface area is 91.8 Å². The summed E-state index contributed by atoms with van der Waals surface area (Å²) in [5.74, 6) is 2.01. The zero-order valence-electron chi connectivity index (χ0n) is 9.93. The molecule has 0 fully saturated rings. The van der Waals surface area contributed by atoms with Crippen LogP contribution in [0.4, 0.5) is 0 Å². The fourth-order valence-corrected chi connectivity index (χ4v) is 1.58. The Hall–Kier alpha value is -0.800. The van der Waals surface area contributed by atoms with E-state index in [2.05, 4.69) is 11.4 Å². The zero-order chi connectivity index (χ0) is 11.1. The van der Waals surface area contributed by atoms with Gasteiger partial charge < -0.3 is 14.5 Å². The molecule has 0 aliphatic carbocycles. The van der Waals surface area contributed by atoms with E-state index in [4.69, 9.17) is 9.15 Å². The lowest BCUT2D eigenvalue weighted by molar-refractivity contribution is 0.192. The van der Waals surface area contributed by atoms with Gasteiger partial charge in [-0.3, -0.25) is 0 Å². The predicted octanol–water partition coefficient (Wildman–Crippen LogP) is 2.41. The first-order chi connectivity index (χ1) is 7.24. The number of ether oxygens (including phenoxy) is 1. The van der Waals surface area contributed by atoms with Crippen molar-refractivity contribution >= 4 is 0 Å². The van der Waals surface area contributed by atoms with Gasteiger partial charge in [0.25, 0.3) is 0 Å². The lowest BCUT2D eigenvalue weighted by Gasteiger charge is -2.03. The molecule has 15 heavy (non-hydrogen) atoms. The van der Waals surface area contributed by atoms with Crippen LogP contribution in [0.15, 0.2) is 10.5 Å². The van der Waals surface area contributed by atoms with Gasteiger partial charge in [-0.25, -0.2) is 0 Å². The molecule has 0 amide bonds. The molecule has 0 atom stereocenters. The molecule has 1 aromatic rings. The van der Waals surface area contributed by atoms with Crippen molar-refractivity contribution in [2.24, 2.45) is 0 Å². The molecule has 0 bridgehead atoms. The first-order valence-corrected chi connectivity index (χ1v) is 5.49. The molecule has 1 aromatic heterocycles. The summed E-state index contributed by atoms with van der Waals surface area (Å²) in [4.78, 5) is 0. The fourth-order valence-electron chi connectivity index (χ4n) is 1.58. The van der Waals surface area contributed by atoms with Gasteiger partial charge in [-0.15, -0.1) is 0 Å². The maximum Gasteiger partial charge on any atom is 0.105 e. The molecule has 0 aliphatic rings. The van der Waals surface area contributed by atoms with Crippen molar-refractivity contribution < 1.29 is 9.15 Å². The highest BCUT2D eigenvalue weighted by Crippen LogP contribution is 2.12. The molecule has 0 saturated carbocycles. The van der Waals surface area contributed by atoms with Crippen LogP contribution in [0.1, 0.15) is 29.9 Å². The Morgan fingerprint density at radius 1 is 1.33 bits per heavy atom. The molecule has 0 unspecified atom stereocenters. The van der Waals surface area contributed by atoms with Crippen LogP contribution in [-0.2, 0) is 11.3 Å². The van der Waals surface area contributed by atoms with Crippen LogP contribution in [0, 0.1) is 13.8 Å². The summed E-state index contributed by atoms with van der Waals surface area (Å²) in [5, 5.41) is 3.40. The van der Waals surface area contributed by atoms with E-state index < -0.39 is 0 Å². The molecular weight excluding hydrogens is 190 g/mol. The third-order valence-electron chi connectivity index (χ3n) is 2.41. The van der Waals surface area contributed by atoms with Gasteiger partial charge in [-0.1, -0.05) is 0 Å². The average molecular weight is 211 g/mol. The van der Waals surface area contributed by atoms with Gasteiger partial charge >= 0.3 is 0 Å². The fraction of sp³-hybridized carbons (Fsp3) is 0.667. The predicted molar refractivity (Wildman–Crippen MR) is 61.0 cm³/mol. The molecule has 1 heterocycles. The van der Waals surface area contributed by atoms with Gasteiger partial charge in [0.2, 0.25) is 0 Å². The molecule has 0 saturated heterocycles. The SMILES string of the molecule is COCCCCNCc1cc(C)oc1C. The molecule has 0 radical (unpaired) electrons. The Kier molecular flexibility index (Phi) is 5.43. The van der Waals surface area contributed by atoms with Gasteiger partial charge in [0.15, 0.2) is 0 Å². The zero-order valence-corrected chi connectivity index (χ0v) is 9.93. The number of hydrogen-bond acceptors (Lipinski definition) is 3. The summed E-state index contributed by atoms with van der Waals surface area (Å²) in [5.41, 5.74) is 1.26. The van der Waals surface area contributed by atoms with Crippen molar-refractivity contribution in [3.8, 4) is 0 Å². The second-order valence-corrected chi connectivity index (χ2v) is 3.82. The van der Waals surface area contributed by atoms with Crippen molar-refractivity contribution in [1.82, 2.24) is 5.32 Å². The van der Waals surface area contributed by atoms with E-state index in [-0.39, 0.29) is 0 Å². The van der Waals surface area contributed by atoms with Crippen LogP contribution in [-0.4, -0.2) is 20.3 Å². The van der Waals surface area contributed by atoms with Crippen molar-refractivity contribution in [2.45, 2.75) is 33.2 Å². The number of methoxy groups -OCH3 is 1. The second kappa shape index (κ2) is 6.64. The number of furan rings is 1. The first-order valence-electron chi connectivity index (χ1n) is 5.49. The van der Waals surface area contributed by atoms with E-state index in [1.54, 1.807) is 7.11 Å². The number of hydrogen-bond donors (Lipinski definition) is 1. The number of unbranched alkanes of at least 4 members (excludes halogenated alkanes) is 1. The van der Waals surface area contributed by atoms with Gasteiger partial charge in [0.1, 0.15) is 11.5 Å². The summed E-state index contributed by atoms with van der Waals surface area (Å²) in [6.07, 6.45) is 2.27. The molecule has 0 aliphatic heterocycles. The smallest absolute Gasteiger partial charge is 0.105 e. The standard InChI is InChI=1S/C12H21NO2/c1-10-8-12(11(2)15-10)9-13-6-4-5-7-14-3/h8,13H,4-7,9H2,1-3H3. The highest BCUT2D eigenvalue weighted by atomic mass is 16.5. The Bertz CT molecular complexity index is 281. The van der Waals surface area contributed by atoms with Gasteiger partial charge in [0, 0.05) is 25.8 Å². The van der Waals surface area contributed by atoms with Crippen LogP contribution in [0.2, 0.25) is 0 Å². The normalized spacial score (nSPS) is 10.9. The third kappa shape index (κ3) is 4.49. The van der Waals surface area contributed by atoms with Gasteiger partial charge in [-0.05, 0) is 39.3 Å². The third-order valence-corrected chi connectivity index (χ3v) is 2.41. The monoisotopic (exact) mass is 211 g/mol. The van der Waals surface area contributed by atoms with E-state index in [9.17, 15) is 0 Å². The highest BCUT2D eigenvalue weighted by molar-refractivity contribution is 5.19. The topological polar surface area (TPSA) is 34.4 Å². The average Bonchev–Trinajstić information content (AvgIpc) is 2.51. The van der Waals surface area contributed by atoms with Crippen molar-refractivity contribution in [1.29, 1.82) is 0 Å². The van der Waals surface area contributed by atoms with Gasteiger partial charge in [-0.2, -0.15) is 0 Å². The Balaban J connectivity index is 2.12. The largest absolute Gasteiger partial charge is 0.466 e. The molecule has 3 nitrogen and oxygen atoms in total. The summed E-state index contributed by atoms with van der Waals surface area (Å²) < 4.78 is 10.4. The van der Waals surface area contributed by atoms with Crippen molar-refractivity contribution in [3.05, 3.63) is 23.2 Å². The van der Waals surface area contributed by atoms with Crippen LogP contribution >= 0.6 is 0 Å². The summed E-state index contributed by atoms with van der Waals surface area (Å²) in [6, 6.07) is 2.09. The minimum atomic E-state index is 0.853. The minimum Gasteiger partial charge on any atom is -0.466 e. The lowest BCUT2D eigenvalue weighted by atomic mass is 10.2. The highest BCUT2D eigenvalue weighted by Gasteiger charge is 2.02. The molecular formula is C12H21NO2. The quantitative estimate of drug-likeness (QED) is 0.703. The summed E-state index contributed by atoms with van der Waals surface area (Å²) in [6.45, 7) is 6.78. The first kappa shape index (κ1) is 12.3. The lowest BCUT2D eigenvalue weighted by Crippen LogP contribution is -2.15.